The molecule has 4 aromatic rings. The molecular formula is C23H20ClN3O6S2. The van der Waals surface area contributed by atoms with Gasteiger partial charge in [0, 0.05) is 29.1 Å². The summed E-state index contributed by atoms with van der Waals surface area (Å²) in [6.45, 7) is 2.90. The number of carbonyl (C=O) groups is 1. The molecule has 0 unspecified atom stereocenters. The van der Waals surface area contributed by atoms with Crippen molar-refractivity contribution in [2.45, 2.75) is 23.8 Å². The highest BCUT2D eigenvalue weighted by molar-refractivity contribution is 7.93. The monoisotopic (exact) mass is 533 g/mol. The van der Waals surface area contributed by atoms with E-state index < -0.39 is 20.0 Å². The van der Waals surface area contributed by atoms with Gasteiger partial charge < -0.3 is 9.73 Å². The minimum absolute atomic E-state index is 0.0570. The number of aryl methyl sites for hydroxylation is 1. The Morgan fingerprint density at radius 3 is 2.29 bits per heavy atom. The fourth-order valence-electron chi connectivity index (χ4n) is 3.35. The molecule has 0 saturated heterocycles. The maximum absolute atomic E-state index is 13.2. The molecule has 0 atom stereocenters. The number of fused-ring (bicyclic) bond motifs is 1. The average Bonchev–Trinajstić information content (AvgIpc) is 3.22. The zero-order valence-corrected chi connectivity index (χ0v) is 20.9. The first-order valence-electron chi connectivity index (χ1n) is 10.2. The van der Waals surface area contributed by atoms with Gasteiger partial charge in [0.05, 0.1) is 16.3 Å². The summed E-state index contributed by atoms with van der Waals surface area (Å²) in [4.78, 5) is 11.3. The van der Waals surface area contributed by atoms with Crippen LogP contribution in [0.1, 0.15) is 12.5 Å². The zero-order valence-electron chi connectivity index (χ0n) is 18.5. The summed E-state index contributed by atoms with van der Waals surface area (Å²) in [5, 5.41) is 2.97. The van der Waals surface area contributed by atoms with Gasteiger partial charge >= 0.3 is 0 Å². The Morgan fingerprint density at radius 1 is 0.857 bits per heavy atom. The number of hydrogen-bond acceptors (Lipinski definition) is 6. The van der Waals surface area contributed by atoms with Crippen LogP contribution >= 0.6 is 11.6 Å². The lowest BCUT2D eigenvalue weighted by Gasteiger charge is -2.16. The van der Waals surface area contributed by atoms with Gasteiger partial charge in [-0.25, -0.2) is 8.42 Å². The van der Waals surface area contributed by atoms with E-state index in [1.807, 2.05) is 0 Å². The maximum atomic E-state index is 13.2. The fraction of sp³-hybridized carbons (Fsp3) is 0.0870. The molecule has 3 N–H and O–H groups in total. The lowest BCUT2D eigenvalue weighted by Crippen LogP contribution is -2.18. The predicted octanol–water partition coefficient (Wildman–Crippen LogP) is 4.95. The van der Waals surface area contributed by atoms with E-state index in [1.54, 1.807) is 43.3 Å². The minimum Gasteiger partial charge on any atom is -0.443 e. The number of hydrogen-bond donors (Lipinski definition) is 3. The molecular weight excluding hydrogens is 514 g/mol. The normalized spacial score (nSPS) is 11.9. The molecule has 9 nitrogen and oxygen atoms in total. The summed E-state index contributed by atoms with van der Waals surface area (Å²) in [7, 11) is -8.40. The van der Waals surface area contributed by atoms with Gasteiger partial charge in [0.1, 0.15) is 5.58 Å². The topological polar surface area (TPSA) is 135 Å². The van der Waals surface area contributed by atoms with Crippen LogP contribution in [0.4, 0.5) is 17.1 Å². The maximum Gasteiger partial charge on any atom is 0.295 e. The number of rotatable bonds is 7. The highest BCUT2D eigenvalue weighted by Gasteiger charge is 2.24. The van der Waals surface area contributed by atoms with Crippen molar-refractivity contribution in [3.05, 3.63) is 77.3 Å². The molecule has 1 amide bonds. The summed E-state index contributed by atoms with van der Waals surface area (Å²) >= 11 is 6.06. The van der Waals surface area contributed by atoms with Gasteiger partial charge in [-0.1, -0.05) is 35.9 Å². The molecule has 0 bridgehead atoms. The van der Waals surface area contributed by atoms with Crippen molar-refractivity contribution < 1.29 is 26.0 Å². The minimum atomic E-state index is -4.22. The van der Waals surface area contributed by atoms with Crippen molar-refractivity contribution in [1.29, 1.82) is 0 Å². The number of nitrogens with one attached hydrogen (secondary N) is 3. The van der Waals surface area contributed by atoms with E-state index in [2.05, 4.69) is 14.8 Å². The van der Waals surface area contributed by atoms with Crippen molar-refractivity contribution in [3.8, 4) is 0 Å². The van der Waals surface area contributed by atoms with Crippen molar-refractivity contribution >= 4 is 65.6 Å². The van der Waals surface area contributed by atoms with Crippen LogP contribution < -0.4 is 14.8 Å². The van der Waals surface area contributed by atoms with Gasteiger partial charge in [-0.3, -0.25) is 14.2 Å². The van der Waals surface area contributed by atoms with Crippen LogP contribution in [0.3, 0.4) is 0 Å². The molecule has 0 aliphatic heterocycles. The lowest BCUT2D eigenvalue weighted by atomic mass is 10.2. The Kier molecular flexibility index (Phi) is 6.50. The molecule has 0 fully saturated rings. The number of para-hydroxylation sites is 1. The molecule has 1 aromatic heterocycles. The highest BCUT2D eigenvalue weighted by Crippen LogP contribution is 2.32. The van der Waals surface area contributed by atoms with Crippen molar-refractivity contribution in [2.75, 3.05) is 14.8 Å². The Bertz CT molecular complexity index is 1630. The molecule has 3 aromatic carbocycles. The Morgan fingerprint density at radius 2 is 1.57 bits per heavy atom. The van der Waals surface area contributed by atoms with Crippen LogP contribution in [0.25, 0.3) is 11.0 Å². The summed E-state index contributed by atoms with van der Waals surface area (Å²) in [5.41, 5.74) is 0.945. The second-order valence-electron chi connectivity index (χ2n) is 7.67. The summed E-state index contributed by atoms with van der Waals surface area (Å²) in [6, 6.07) is 16.6. The average molecular weight is 534 g/mol. The van der Waals surface area contributed by atoms with Gasteiger partial charge in [0.15, 0.2) is 0 Å². The first kappa shape index (κ1) is 24.6. The fourth-order valence-corrected chi connectivity index (χ4v) is 5.91. The van der Waals surface area contributed by atoms with Crippen LogP contribution in [0.5, 0.6) is 0 Å². The van der Waals surface area contributed by atoms with Crippen molar-refractivity contribution in [1.82, 2.24) is 0 Å². The largest absolute Gasteiger partial charge is 0.443 e. The quantitative estimate of drug-likeness (QED) is 0.307. The third kappa shape index (κ3) is 5.42. The summed E-state index contributed by atoms with van der Waals surface area (Å²) in [6.07, 6.45) is 0. The van der Waals surface area contributed by atoms with Crippen molar-refractivity contribution in [2.24, 2.45) is 0 Å². The first-order chi connectivity index (χ1) is 16.4. The number of anilines is 3. The number of carbonyl (C=O) groups excluding carboxylic acids is 1. The second kappa shape index (κ2) is 9.25. The van der Waals surface area contributed by atoms with Crippen LogP contribution in [0, 0.1) is 6.92 Å². The number of furan rings is 1. The summed E-state index contributed by atoms with van der Waals surface area (Å²) in [5.74, 6) is -0.356. The molecule has 0 aliphatic rings. The van der Waals surface area contributed by atoms with E-state index in [1.165, 1.54) is 37.3 Å². The Balaban J connectivity index is 1.69. The smallest absolute Gasteiger partial charge is 0.295 e. The number of sulfonamides is 2. The van der Waals surface area contributed by atoms with E-state index in [0.29, 0.717) is 22.2 Å². The van der Waals surface area contributed by atoms with Gasteiger partial charge in [-0.05, 0) is 48.9 Å². The standard InChI is InChI=1S/C23H20ClN3O6S2/c1-14-7-9-18(25-15(2)28)13-22(14)34(29,30)26-19-10-8-17(24)12-20(19)27-35(31,32)23-11-16-5-3-4-6-21(16)33-23/h3-13,26-27H,1-2H3,(H,25,28). The molecule has 12 heteroatoms. The molecule has 35 heavy (non-hydrogen) atoms. The Hall–Kier alpha value is -3.54. The van der Waals surface area contributed by atoms with Crippen molar-refractivity contribution in [3.63, 3.8) is 0 Å². The highest BCUT2D eigenvalue weighted by atomic mass is 35.5. The van der Waals surface area contributed by atoms with E-state index in [4.69, 9.17) is 16.0 Å². The van der Waals surface area contributed by atoms with Gasteiger partial charge in [-0.15, -0.1) is 0 Å². The summed E-state index contributed by atoms with van der Waals surface area (Å²) < 4.78 is 62.6. The SMILES string of the molecule is CC(=O)Nc1ccc(C)c(S(=O)(=O)Nc2ccc(Cl)cc2NS(=O)(=O)c2cc3ccccc3o2)c1. The molecule has 0 saturated carbocycles. The second-order valence-corrected chi connectivity index (χ2v) is 11.4. The molecule has 4 rings (SSSR count). The van der Waals surface area contributed by atoms with Gasteiger partial charge in [0.2, 0.25) is 11.0 Å². The number of halogens is 1. The number of benzene rings is 3. The first-order valence-corrected chi connectivity index (χ1v) is 13.5. The van der Waals surface area contributed by atoms with Crippen LogP contribution in [0.2, 0.25) is 5.02 Å². The zero-order chi connectivity index (χ0) is 25.4. The van der Waals surface area contributed by atoms with E-state index in [-0.39, 0.29) is 32.3 Å². The number of amides is 1. The Labute approximate surface area is 207 Å². The molecule has 0 radical (unpaired) electrons. The van der Waals surface area contributed by atoms with Gasteiger partial charge in [0.25, 0.3) is 20.0 Å². The van der Waals surface area contributed by atoms with E-state index in [0.717, 1.165) is 0 Å². The molecule has 0 aliphatic carbocycles. The predicted molar refractivity (Wildman–Crippen MR) is 135 cm³/mol. The van der Waals surface area contributed by atoms with Crippen LogP contribution in [-0.4, -0.2) is 22.7 Å². The van der Waals surface area contributed by atoms with E-state index in [9.17, 15) is 21.6 Å². The lowest BCUT2D eigenvalue weighted by molar-refractivity contribution is -0.114. The molecule has 182 valence electrons. The third-order valence-corrected chi connectivity index (χ3v) is 7.90. The van der Waals surface area contributed by atoms with Crippen LogP contribution in [-0.2, 0) is 24.8 Å². The third-order valence-electron chi connectivity index (χ3n) is 4.94. The van der Waals surface area contributed by atoms with E-state index >= 15 is 0 Å². The van der Waals surface area contributed by atoms with Crippen LogP contribution in [0.15, 0.2) is 81.1 Å². The van der Waals surface area contributed by atoms with Gasteiger partial charge in [-0.2, -0.15) is 8.42 Å². The molecule has 1 heterocycles. The molecule has 0 spiro atoms.